The minimum atomic E-state index is 0.324. The molecule has 0 bridgehead atoms. The summed E-state index contributed by atoms with van der Waals surface area (Å²) in [5.74, 6) is 0. The summed E-state index contributed by atoms with van der Waals surface area (Å²) in [5, 5.41) is 3.65. The molecule has 0 unspecified atom stereocenters. The van der Waals surface area contributed by atoms with E-state index in [-0.39, 0.29) is 0 Å². The summed E-state index contributed by atoms with van der Waals surface area (Å²) in [5.41, 5.74) is 8.48. The average molecular weight is 155 g/mol. The molecule has 5 heteroatoms. The van der Waals surface area contributed by atoms with Crippen LogP contribution in [0.1, 0.15) is 0 Å². The van der Waals surface area contributed by atoms with Crippen molar-refractivity contribution < 1.29 is 0 Å². The summed E-state index contributed by atoms with van der Waals surface area (Å²) < 4.78 is 0. The fourth-order valence-corrected chi connectivity index (χ4v) is 0.674. The van der Waals surface area contributed by atoms with Crippen molar-refractivity contribution in [1.29, 1.82) is 0 Å². The number of nitrogens with zero attached hydrogens (tertiary/aromatic N) is 4. The van der Waals surface area contributed by atoms with Gasteiger partial charge in [0.2, 0.25) is 0 Å². The highest BCUT2D eigenvalue weighted by atomic mass is 35.5. The number of pyridine rings is 1. The van der Waals surface area contributed by atoms with Gasteiger partial charge >= 0.3 is 0 Å². The van der Waals surface area contributed by atoms with Crippen molar-refractivity contribution in [2.45, 2.75) is 0 Å². The molecule has 1 aromatic rings. The number of halogens is 1. The molecule has 0 aromatic carbocycles. The fourth-order valence-electron chi connectivity index (χ4n) is 0.506. The monoisotopic (exact) mass is 154 g/mol. The molecule has 0 amide bonds. The number of hydrogen-bond donors (Lipinski definition) is 0. The Kier molecular flexibility index (Phi) is 2.10. The van der Waals surface area contributed by atoms with Crippen molar-refractivity contribution >= 4 is 17.3 Å². The zero-order valence-corrected chi connectivity index (χ0v) is 5.65. The third-order valence-corrected chi connectivity index (χ3v) is 1.08. The van der Waals surface area contributed by atoms with Crippen LogP contribution < -0.4 is 0 Å². The number of hydrogen-bond acceptors (Lipinski definition) is 2. The van der Waals surface area contributed by atoms with Gasteiger partial charge in [0.25, 0.3) is 0 Å². The second-order valence-electron chi connectivity index (χ2n) is 1.53. The Morgan fingerprint density at radius 3 is 3.10 bits per heavy atom. The first-order valence-electron chi connectivity index (χ1n) is 2.49. The highest BCUT2D eigenvalue weighted by Crippen LogP contribution is 2.14. The van der Waals surface area contributed by atoms with Gasteiger partial charge < -0.3 is 0 Å². The van der Waals surface area contributed by atoms with Gasteiger partial charge in [-0.3, -0.25) is 0 Å². The molecule has 0 fully saturated rings. The Morgan fingerprint density at radius 2 is 2.50 bits per heavy atom. The highest BCUT2D eigenvalue weighted by Gasteiger charge is 1.88. The molecule has 4 nitrogen and oxygen atoms in total. The molecule has 0 saturated heterocycles. The molecule has 1 rings (SSSR count). The van der Waals surface area contributed by atoms with E-state index < -0.39 is 0 Å². The number of azide groups is 1. The van der Waals surface area contributed by atoms with Gasteiger partial charge in [0.1, 0.15) is 5.15 Å². The van der Waals surface area contributed by atoms with Gasteiger partial charge in [-0.2, -0.15) is 0 Å². The first-order chi connectivity index (χ1) is 4.83. The number of rotatable bonds is 1. The van der Waals surface area contributed by atoms with Crippen LogP contribution in [0.4, 0.5) is 5.69 Å². The van der Waals surface area contributed by atoms with Crippen molar-refractivity contribution in [2.24, 2.45) is 5.11 Å². The van der Waals surface area contributed by atoms with Gasteiger partial charge in [-0.05, 0) is 17.7 Å². The predicted molar refractivity (Wildman–Crippen MR) is 38.1 cm³/mol. The molecule has 0 saturated carbocycles. The minimum Gasteiger partial charge on any atom is -0.245 e. The molecule has 50 valence electrons. The van der Waals surface area contributed by atoms with Gasteiger partial charge in [0.15, 0.2) is 0 Å². The lowest BCUT2D eigenvalue weighted by molar-refractivity contribution is 1.31. The first kappa shape index (κ1) is 6.86. The quantitative estimate of drug-likeness (QED) is 0.266. The topological polar surface area (TPSA) is 61.7 Å². The molecular weight excluding hydrogens is 152 g/mol. The van der Waals surface area contributed by atoms with Crippen molar-refractivity contribution in [3.05, 3.63) is 33.9 Å². The van der Waals surface area contributed by atoms with Crippen LogP contribution in [0, 0.1) is 0 Å². The second-order valence-corrected chi connectivity index (χ2v) is 1.91. The summed E-state index contributed by atoms with van der Waals surface area (Å²) in [7, 11) is 0. The molecule has 0 aliphatic heterocycles. The van der Waals surface area contributed by atoms with Crippen molar-refractivity contribution in [3.8, 4) is 0 Å². The summed E-state index contributed by atoms with van der Waals surface area (Å²) >= 11 is 5.49. The van der Waals surface area contributed by atoms with E-state index >= 15 is 0 Å². The van der Waals surface area contributed by atoms with E-state index in [1.54, 1.807) is 6.07 Å². The summed E-state index contributed by atoms with van der Waals surface area (Å²) in [6, 6.07) is 3.06. The molecule has 0 spiro atoms. The van der Waals surface area contributed by atoms with Crippen molar-refractivity contribution in [1.82, 2.24) is 4.98 Å². The molecular formula is C5H3ClN4. The maximum Gasteiger partial charge on any atom is 0.129 e. The number of aromatic nitrogens is 1. The lowest BCUT2D eigenvalue weighted by atomic mass is 10.4. The van der Waals surface area contributed by atoms with E-state index in [9.17, 15) is 0 Å². The predicted octanol–water partition coefficient (Wildman–Crippen LogP) is 2.68. The van der Waals surface area contributed by atoms with Crippen LogP contribution in [-0.2, 0) is 0 Å². The zero-order valence-electron chi connectivity index (χ0n) is 4.90. The Balaban J connectivity index is 3.06. The third kappa shape index (κ3) is 1.62. The van der Waals surface area contributed by atoms with Crippen LogP contribution in [0.3, 0.4) is 0 Å². The standard InChI is InChI=1S/C5H3ClN4/c6-5-3-4(9-10-7)1-2-8-5/h1-3H. The van der Waals surface area contributed by atoms with E-state index in [0.717, 1.165) is 0 Å². The minimum absolute atomic E-state index is 0.324. The fraction of sp³-hybridized carbons (Fsp3) is 0. The lowest BCUT2D eigenvalue weighted by Crippen LogP contribution is -1.69. The maximum atomic E-state index is 8.01. The second kappa shape index (κ2) is 3.06. The largest absolute Gasteiger partial charge is 0.245 e. The van der Waals surface area contributed by atoms with Crippen LogP contribution in [0.15, 0.2) is 23.4 Å². The van der Waals surface area contributed by atoms with Gasteiger partial charge in [0.05, 0.1) is 0 Å². The molecule has 0 aliphatic rings. The highest BCUT2D eigenvalue weighted by molar-refractivity contribution is 6.29. The summed E-state index contributed by atoms with van der Waals surface area (Å²) in [6.45, 7) is 0. The van der Waals surface area contributed by atoms with Gasteiger partial charge in [-0.25, -0.2) is 4.98 Å². The molecule has 1 heterocycles. The molecule has 0 atom stereocenters. The average Bonchev–Trinajstić information content (AvgIpc) is 1.88. The van der Waals surface area contributed by atoms with Crippen LogP contribution in [0.5, 0.6) is 0 Å². The molecule has 0 aliphatic carbocycles. The molecule has 0 radical (unpaired) electrons. The van der Waals surface area contributed by atoms with Crippen molar-refractivity contribution in [3.63, 3.8) is 0 Å². The summed E-state index contributed by atoms with van der Waals surface area (Å²) in [6.07, 6.45) is 1.48. The van der Waals surface area contributed by atoms with Crippen molar-refractivity contribution in [2.75, 3.05) is 0 Å². The third-order valence-electron chi connectivity index (χ3n) is 0.870. The van der Waals surface area contributed by atoms with Crippen LogP contribution in [-0.4, -0.2) is 4.98 Å². The van der Waals surface area contributed by atoms with Crippen LogP contribution in [0.25, 0.3) is 10.4 Å². The molecule has 0 N–H and O–H groups in total. The molecule has 10 heavy (non-hydrogen) atoms. The summed E-state index contributed by atoms with van der Waals surface area (Å²) in [4.78, 5) is 6.29. The van der Waals surface area contributed by atoms with E-state index in [0.29, 0.717) is 10.8 Å². The van der Waals surface area contributed by atoms with Gasteiger partial charge in [-0.15, -0.1) is 0 Å². The smallest absolute Gasteiger partial charge is 0.129 e. The van der Waals surface area contributed by atoms with E-state index in [1.807, 2.05) is 0 Å². The first-order valence-corrected chi connectivity index (χ1v) is 2.87. The van der Waals surface area contributed by atoms with Gasteiger partial charge in [0, 0.05) is 16.8 Å². The maximum absolute atomic E-state index is 8.01. The van der Waals surface area contributed by atoms with E-state index in [4.69, 9.17) is 17.1 Å². The van der Waals surface area contributed by atoms with E-state index in [1.165, 1.54) is 12.3 Å². The SMILES string of the molecule is [N-]=[N+]=Nc1ccnc(Cl)c1. The molecule has 1 aromatic heterocycles. The normalized spacial score (nSPS) is 8.50. The Hall–Kier alpha value is -1.25. The zero-order chi connectivity index (χ0) is 7.40. The van der Waals surface area contributed by atoms with Crippen LogP contribution >= 0.6 is 11.6 Å². The van der Waals surface area contributed by atoms with Crippen LogP contribution in [0.2, 0.25) is 5.15 Å². The Bertz CT molecular complexity index is 279. The Labute approximate surface area is 62.1 Å². The lowest BCUT2D eigenvalue weighted by Gasteiger charge is -1.88. The Morgan fingerprint density at radius 1 is 1.70 bits per heavy atom. The van der Waals surface area contributed by atoms with Gasteiger partial charge in [-0.1, -0.05) is 16.7 Å². The van der Waals surface area contributed by atoms with E-state index in [2.05, 4.69) is 15.0 Å².